The summed E-state index contributed by atoms with van der Waals surface area (Å²) in [6.07, 6.45) is 0. The van der Waals surface area contributed by atoms with Crippen LogP contribution in [0, 0.1) is 10.1 Å². The number of hydrogen-bond acceptors (Lipinski definition) is 5. The van der Waals surface area contributed by atoms with Gasteiger partial charge in [0.2, 0.25) is 0 Å². The molecule has 6 nitrogen and oxygen atoms in total. The van der Waals surface area contributed by atoms with Crippen LogP contribution in [-0.4, -0.2) is 4.92 Å². The second-order valence-electron chi connectivity index (χ2n) is 5.38. The molecule has 4 rings (SSSR count). The highest BCUT2D eigenvalue weighted by Crippen LogP contribution is 2.34. The summed E-state index contributed by atoms with van der Waals surface area (Å²) < 4.78 is 11.5. The lowest BCUT2D eigenvalue weighted by Gasteiger charge is -2.06. The minimum Gasteiger partial charge on any atom is -0.457 e. The van der Waals surface area contributed by atoms with Crippen LogP contribution in [-0.2, 0) is 0 Å². The van der Waals surface area contributed by atoms with Crippen LogP contribution in [0.5, 0.6) is 11.5 Å². The number of benzene rings is 3. The predicted octanol–water partition coefficient (Wildman–Crippen LogP) is 4.87. The van der Waals surface area contributed by atoms with Gasteiger partial charge in [0.1, 0.15) is 22.7 Å². The van der Waals surface area contributed by atoms with E-state index in [-0.39, 0.29) is 11.4 Å². The van der Waals surface area contributed by atoms with Gasteiger partial charge >= 0.3 is 0 Å². The average Bonchev–Trinajstić information content (AvgIpc) is 2.92. The van der Waals surface area contributed by atoms with Crippen molar-refractivity contribution in [2.75, 3.05) is 5.73 Å². The van der Waals surface area contributed by atoms with Gasteiger partial charge in [-0.1, -0.05) is 18.2 Å². The van der Waals surface area contributed by atoms with Crippen LogP contribution in [0.3, 0.4) is 0 Å². The van der Waals surface area contributed by atoms with Gasteiger partial charge in [-0.05, 0) is 24.3 Å². The fraction of sp³-hybridized carbons (Fsp3) is 0. The molecule has 3 aromatic carbocycles. The Morgan fingerprint density at radius 3 is 2.54 bits per heavy atom. The summed E-state index contributed by atoms with van der Waals surface area (Å²) in [5.74, 6) is 0.864. The van der Waals surface area contributed by atoms with Crippen molar-refractivity contribution in [2.24, 2.45) is 0 Å². The molecule has 0 atom stereocenters. The number of nitrogens with two attached hydrogens (primary N) is 1. The fourth-order valence-electron chi connectivity index (χ4n) is 2.67. The molecule has 1 heterocycles. The maximum absolute atomic E-state index is 10.9. The van der Waals surface area contributed by atoms with Crippen molar-refractivity contribution in [3.05, 3.63) is 70.8 Å². The molecule has 24 heavy (non-hydrogen) atoms. The molecule has 0 bridgehead atoms. The monoisotopic (exact) mass is 320 g/mol. The third kappa shape index (κ3) is 2.40. The second kappa shape index (κ2) is 5.27. The van der Waals surface area contributed by atoms with E-state index in [4.69, 9.17) is 14.9 Å². The smallest absolute Gasteiger partial charge is 0.275 e. The number of nitrogens with zero attached hydrogens (tertiary/aromatic N) is 1. The summed E-state index contributed by atoms with van der Waals surface area (Å²) in [4.78, 5) is 10.4. The standard InChI is InChI=1S/C18H12N2O4/c19-11-7-12(20(21)22)9-14(8-11)23-13-5-6-18-16(10-13)15-3-1-2-4-17(15)24-18/h1-10H,19H2. The summed E-state index contributed by atoms with van der Waals surface area (Å²) in [6, 6.07) is 17.3. The van der Waals surface area contributed by atoms with Crippen LogP contribution >= 0.6 is 0 Å². The number of nitro groups is 1. The molecule has 1 aromatic heterocycles. The molecular weight excluding hydrogens is 308 g/mol. The van der Waals surface area contributed by atoms with E-state index >= 15 is 0 Å². The highest BCUT2D eigenvalue weighted by Gasteiger charge is 2.11. The van der Waals surface area contributed by atoms with E-state index in [0.717, 1.165) is 21.9 Å². The molecule has 0 saturated carbocycles. The number of rotatable bonds is 3. The maximum Gasteiger partial charge on any atom is 0.275 e. The van der Waals surface area contributed by atoms with E-state index in [1.54, 1.807) is 12.1 Å². The molecule has 0 fully saturated rings. The van der Waals surface area contributed by atoms with Crippen LogP contribution < -0.4 is 10.5 Å². The molecule has 0 aliphatic heterocycles. The summed E-state index contributed by atoms with van der Waals surface area (Å²) in [6.45, 7) is 0. The number of nitro benzene ring substituents is 1. The summed E-state index contributed by atoms with van der Waals surface area (Å²) >= 11 is 0. The van der Waals surface area contributed by atoms with Crippen molar-refractivity contribution >= 4 is 33.3 Å². The molecule has 0 spiro atoms. The number of anilines is 1. The number of ether oxygens (including phenoxy) is 1. The Hall–Kier alpha value is -3.54. The quantitative estimate of drug-likeness (QED) is 0.330. The van der Waals surface area contributed by atoms with Gasteiger partial charge in [0.15, 0.2) is 0 Å². The normalized spacial score (nSPS) is 11.0. The predicted molar refractivity (Wildman–Crippen MR) is 91.3 cm³/mol. The topological polar surface area (TPSA) is 91.5 Å². The molecular formula is C18H12N2O4. The fourth-order valence-corrected chi connectivity index (χ4v) is 2.67. The van der Waals surface area contributed by atoms with Crippen LogP contribution in [0.2, 0.25) is 0 Å². The molecule has 6 heteroatoms. The van der Waals surface area contributed by atoms with Crippen LogP contribution in [0.4, 0.5) is 11.4 Å². The first-order chi connectivity index (χ1) is 11.6. The largest absolute Gasteiger partial charge is 0.457 e. The summed E-state index contributed by atoms with van der Waals surface area (Å²) in [7, 11) is 0. The van der Waals surface area contributed by atoms with Gasteiger partial charge in [0.25, 0.3) is 5.69 Å². The van der Waals surface area contributed by atoms with E-state index in [0.29, 0.717) is 11.5 Å². The Morgan fingerprint density at radius 1 is 0.917 bits per heavy atom. The van der Waals surface area contributed by atoms with Crippen molar-refractivity contribution in [1.29, 1.82) is 0 Å². The third-order valence-electron chi connectivity index (χ3n) is 3.71. The highest BCUT2D eigenvalue weighted by molar-refractivity contribution is 6.05. The molecule has 0 radical (unpaired) electrons. The highest BCUT2D eigenvalue weighted by atomic mass is 16.6. The first-order valence-corrected chi connectivity index (χ1v) is 7.24. The van der Waals surface area contributed by atoms with Crippen LogP contribution in [0.1, 0.15) is 0 Å². The van der Waals surface area contributed by atoms with Gasteiger partial charge in [-0.15, -0.1) is 0 Å². The van der Waals surface area contributed by atoms with Crippen molar-refractivity contribution in [2.45, 2.75) is 0 Å². The Bertz CT molecular complexity index is 1080. The molecule has 0 saturated heterocycles. The molecule has 0 unspecified atom stereocenters. The Labute approximate surface area is 136 Å². The zero-order valence-corrected chi connectivity index (χ0v) is 12.4. The number of para-hydroxylation sites is 1. The first kappa shape index (κ1) is 14.1. The zero-order valence-electron chi connectivity index (χ0n) is 12.4. The van der Waals surface area contributed by atoms with Crippen LogP contribution in [0.15, 0.2) is 65.1 Å². The lowest BCUT2D eigenvalue weighted by atomic mass is 10.1. The minimum atomic E-state index is -0.504. The van der Waals surface area contributed by atoms with Crippen molar-refractivity contribution in [3.63, 3.8) is 0 Å². The zero-order chi connectivity index (χ0) is 16.7. The lowest BCUT2D eigenvalue weighted by Crippen LogP contribution is -1.93. The van der Waals surface area contributed by atoms with E-state index < -0.39 is 4.92 Å². The van der Waals surface area contributed by atoms with Gasteiger partial charge < -0.3 is 14.9 Å². The van der Waals surface area contributed by atoms with Gasteiger partial charge in [-0.2, -0.15) is 0 Å². The maximum atomic E-state index is 10.9. The molecule has 0 amide bonds. The molecule has 0 aliphatic carbocycles. The lowest BCUT2D eigenvalue weighted by molar-refractivity contribution is -0.384. The third-order valence-corrected chi connectivity index (χ3v) is 3.71. The van der Waals surface area contributed by atoms with E-state index in [9.17, 15) is 10.1 Å². The van der Waals surface area contributed by atoms with Crippen molar-refractivity contribution in [1.82, 2.24) is 0 Å². The number of furan rings is 1. The SMILES string of the molecule is Nc1cc(Oc2ccc3oc4ccccc4c3c2)cc([N+](=O)[O-])c1. The van der Waals surface area contributed by atoms with E-state index in [2.05, 4.69) is 0 Å². The Balaban J connectivity index is 1.77. The number of fused-ring (bicyclic) bond motifs is 3. The number of nitrogen functional groups attached to an aromatic ring is 1. The average molecular weight is 320 g/mol. The molecule has 118 valence electrons. The van der Waals surface area contributed by atoms with Gasteiger partial charge in [0.05, 0.1) is 11.0 Å². The van der Waals surface area contributed by atoms with Crippen LogP contribution in [0.25, 0.3) is 21.9 Å². The molecule has 4 aromatic rings. The van der Waals surface area contributed by atoms with E-state index in [1.807, 2.05) is 36.4 Å². The molecule has 2 N–H and O–H groups in total. The second-order valence-corrected chi connectivity index (χ2v) is 5.38. The molecule has 0 aliphatic rings. The van der Waals surface area contributed by atoms with Gasteiger partial charge in [0, 0.05) is 28.6 Å². The summed E-state index contributed by atoms with van der Waals surface area (Å²) in [5, 5.41) is 12.8. The summed E-state index contributed by atoms with van der Waals surface area (Å²) in [5.41, 5.74) is 7.41. The Morgan fingerprint density at radius 2 is 1.71 bits per heavy atom. The van der Waals surface area contributed by atoms with Crippen molar-refractivity contribution in [3.8, 4) is 11.5 Å². The van der Waals surface area contributed by atoms with Gasteiger partial charge in [-0.25, -0.2) is 0 Å². The van der Waals surface area contributed by atoms with Crippen molar-refractivity contribution < 1.29 is 14.1 Å². The number of non-ortho nitro benzene ring substituents is 1. The van der Waals surface area contributed by atoms with Gasteiger partial charge in [-0.3, -0.25) is 10.1 Å². The minimum absolute atomic E-state index is 0.111. The Kier molecular flexibility index (Phi) is 3.09. The number of hydrogen-bond donors (Lipinski definition) is 1. The van der Waals surface area contributed by atoms with E-state index in [1.165, 1.54) is 12.1 Å². The first-order valence-electron chi connectivity index (χ1n) is 7.24.